The molecule has 0 saturated carbocycles. The molecule has 0 atom stereocenters. The fraction of sp³-hybridized carbons (Fsp3) is 0.588. The highest BCUT2D eigenvalue weighted by atomic mass is 16.6. The van der Waals surface area contributed by atoms with E-state index in [2.05, 4.69) is 4.90 Å². The molecular formula is C17H23N3O4. The zero-order valence-corrected chi connectivity index (χ0v) is 13.7. The number of hydrogen-bond donors (Lipinski definition) is 0. The number of likely N-dealkylation sites (tertiary alicyclic amines) is 1. The molecule has 2 aliphatic rings. The van der Waals surface area contributed by atoms with E-state index < -0.39 is 0 Å². The molecule has 0 spiro atoms. The number of amides is 1. The fourth-order valence-electron chi connectivity index (χ4n) is 3.41. The topological polar surface area (TPSA) is 75.9 Å². The standard InChI is InChI=1S/C17H23N3O4/c21-17(19-8-10-24-11-9-19)15-4-6-18(7-5-15)13-14-2-1-3-16(12-14)20(22)23/h1-3,12,15H,4-11,13H2. The Morgan fingerprint density at radius 3 is 2.58 bits per heavy atom. The van der Waals surface area contributed by atoms with Crippen LogP contribution in [0.3, 0.4) is 0 Å². The molecule has 7 nitrogen and oxygen atoms in total. The third-order valence-corrected chi connectivity index (χ3v) is 4.79. The van der Waals surface area contributed by atoms with Crippen molar-refractivity contribution in [1.29, 1.82) is 0 Å². The summed E-state index contributed by atoms with van der Waals surface area (Å²) < 4.78 is 5.30. The summed E-state index contributed by atoms with van der Waals surface area (Å²) in [5.41, 5.74) is 1.08. The van der Waals surface area contributed by atoms with E-state index in [0.717, 1.165) is 31.5 Å². The van der Waals surface area contributed by atoms with Gasteiger partial charge in [0.05, 0.1) is 18.1 Å². The smallest absolute Gasteiger partial charge is 0.269 e. The molecule has 0 N–H and O–H groups in total. The summed E-state index contributed by atoms with van der Waals surface area (Å²) in [7, 11) is 0. The highest BCUT2D eigenvalue weighted by molar-refractivity contribution is 5.79. The van der Waals surface area contributed by atoms with Gasteiger partial charge >= 0.3 is 0 Å². The maximum Gasteiger partial charge on any atom is 0.269 e. The van der Waals surface area contributed by atoms with Crippen LogP contribution in [0.5, 0.6) is 0 Å². The van der Waals surface area contributed by atoms with E-state index in [9.17, 15) is 14.9 Å². The Labute approximate surface area is 141 Å². The van der Waals surface area contributed by atoms with E-state index >= 15 is 0 Å². The van der Waals surface area contributed by atoms with Crippen LogP contribution >= 0.6 is 0 Å². The lowest BCUT2D eigenvalue weighted by atomic mass is 9.94. The highest BCUT2D eigenvalue weighted by Crippen LogP contribution is 2.22. The van der Waals surface area contributed by atoms with Crippen molar-refractivity contribution in [1.82, 2.24) is 9.80 Å². The van der Waals surface area contributed by atoms with Crippen molar-refractivity contribution in [3.63, 3.8) is 0 Å². The lowest BCUT2D eigenvalue weighted by Crippen LogP contribution is -2.46. The van der Waals surface area contributed by atoms with E-state index in [1.807, 2.05) is 11.0 Å². The molecule has 2 aliphatic heterocycles. The van der Waals surface area contributed by atoms with Crippen LogP contribution in [0.2, 0.25) is 0 Å². The highest BCUT2D eigenvalue weighted by Gasteiger charge is 2.29. The number of piperidine rings is 1. The predicted molar refractivity (Wildman–Crippen MR) is 88.5 cm³/mol. The lowest BCUT2D eigenvalue weighted by molar-refractivity contribution is -0.384. The molecule has 3 rings (SSSR count). The van der Waals surface area contributed by atoms with Crippen LogP contribution in [-0.4, -0.2) is 60.0 Å². The number of carbonyl (C=O) groups excluding carboxylic acids is 1. The average Bonchev–Trinajstić information content (AvgIpc) is 2.63. The molecular weight excluding hydrogens is 310 g/mol. The summed E-state index contributed by atoms with van der Waals surface area (Å²) in [6.45, 7) is 5.07. The van der Waals surface area contributed by atoms with E-state index in [-0.39, 0.29) is 22.4 Å². The molecule has 0 bridgehead atoms. The van der Waals surface area contributed by atoms with Gasteiger partial charge in [-0.25, -0.2) is 0 Å². The van der Waals surface area contributed by atoms with Gasteiger partial charge in [-0.2, -0.15) is 0 Å². The Morgan fingerprint density at radius 1 is 1.21 bits per heavy atom. The third-order valence-electron chi connectivity index (χ3n) is 4.79. The van der Waals surface area contributed by atoms with Gasteiger partial charge in [-0.05, 0) is 31.5 Å². The molecule has 0 aromatic heterocycles. The third kappa shape index (κ3) is 4.10. The zero-order valence-electron chi connectivity index (χ0n) is 13.7. The number of nitro groups is 1. The molecule has 130 valence electrons. The first-order chi connectivity index (χ1) is 11.6. The molecule has 7 heteroatoms. The molecule has 2 fully saturated rings. The molecule has 0 radical (unpaired) electrons. The van der Waals surface area contributed by atoms with Gasteiger partial charge in [-0.15, -0.1) is 0 Å². The van der Waals surface area contributed by atoms with Crippen molar-refractivity contribution in [3.05, 3.63) is 39.9 Å². The van der Waals surface area contributed by atoms with Gasteiger partial charge in [-0.1, -0.05) is 12.1 Å². The van der Waals surface area contributed by atoms with Crippen LogP contribution in [0.15, 0.2) is 24.3 Å². The first kappa shape index (κ1) is 16.9. The largest absolute Gasteiger partial charge is 0.378 e. The summed E-state index contributed by atoms with van der Waals surface area (Å²) >= 11 is 0. The number of carbonyl (C=O) groups is 1. The van der Waals surface area contributed by atoms with Crippen LogP contribution in [0.1, 0.15) is 18.4 Å². The maximum absolute atomic E-state index is 12.5. The Hall–Kier alpha value is -1.99. The Balaban J connectivity index is 1.50. The van der Waals surface area contributed by atoms with Gasteiger partial charge in [0.1, 0.15) is 0 Å². The average molecular weight is 333 g/mol. The number of hydrogen-bond acceptors (Lipinski definition) is 5. The Bertz CT molecular complexity index is 593. The van der Waals surface area contributed by atoms with Gasteiger partial charge in [0.25, 0.3) is 5.69 Å². The molecule has 0 aliphatic carbocycles. The molecule has 24 heavy (non-hydrogen) atoms. The van der Waals surface area contributed by atoms with Crippen molar-refractivity contribution in [2.24, 2.45) is 5.92 Å². The minimum absolute atomic E-state index is 0.101. The van der Waals surface area contributed by atoms with Gasteiger partial charge in [0, 0.05) is 37.7 Å². The SMILES string of the molecule is O=C(C1CCN(Cc2cccc([N+](=O)[O-])c2)CC1)N1CCOCC1. The number of benzene rings is 1. The first-order valence-electron chi connectivity index (χ1n) is 8.46. The summed E-state index contributed by atoms with van der Waals surface area (Å²) in [6.07, 6.45) is 1.70. The van der Waals surface area contributed by atoms with E-state index in [1.54, 1.807) is 12.1 Å². The second kappa shape index (κ2) is 7.72. The van der Waals surface area contributed by atoms with Crippen molar-refractivity contribution in [2.75, 3.05) is 39.4 Å². The van der Waals surface area contributed by atoms with Gasteiger partial charge in [-0.3, -0.25) is 19.8 Å². The number of non-ortho nitro benzene ring substituents is 1. The Kier molecular flexibility index (Phi) is 5.42. The Morgan fingerprint density at radius 2 is 1.92 bits per heavy atom. The van der Waals surface area contributed by atoms with Crippen LogP contribution in [0, 0.1) is 16.0 Å². The number of ether oxygens (including phenoxy) is 1. The van der Waals surface area contributed by atoms with Gasteiger partial charge in [0.2, 0.25) is 5.91 Å². The quantitative estimate of drug-likeness (QED) is 0.619. The van der Waals surface area contributed by atoms with Crippen molar-refractivity contribution < 1.29 is 14.5 Å². The van der Waals surface area contributed by atoms with E-state index in [0.29, 0.717) is 32.8 Å². The number of morpholine rings is 1. The van der Waals surface area contributed by atoms with E-state index in [4.69, 9.17) is 4.74 Å². The monoisotopic (exact) mass is 333 g/mol. The molecule has 2 saturated heterocycles. The van der Waals surface area contributed by atoms with Crippen LogP contribution in [0.4, 0.5) is 5.69 Å². The van der Waals surface area contributed by atoms with Gasteiger partial charge in [0.15, 0.2) is 0 Å². The summed E-state index contributed by atoms with van der Waals surface area (Å²) in [6, 6.07) is 6.78. The van der Waals surface area contributed by atoms with Crippen molar-refractivity contribution in [3.8, 4) is 0 Å². The minimum atomic E-state index is -0.364. The second-order valence-corrected chi connectivity index (χ2v) is 6.42. The number of rotatable bonds is 4. The lowest BCUT2D eigenvalue weighted by Gasteiger charge is -2.35. The number of nitrogens with zero attached hydrogens (tertiary/aromatic N) is 3. The minimum Gasteiger partial charge on any atom is -0.378 e. The second-order valence-electron chi connectivity index (χ2n) is 6.42. The van der Waals surface area contributed by atoms with Crippen molar-refractivity contribution >= 4 is 11.6 Å². The normalized spacial score (nSPS) is 20.1. The summed E-state index contributed by atoms with van der Waals surface area (Å²) in [5, 5.41) is 10.9. The molecule has 1 amide bonds. The van der Waals surface area contributed by atoms with Crippen LogP contribution in [-0.2, 0) is 16.1 Å². The molecule has 0 unspecified atom stereocenters. The summed E-state index contributed by atoms with van der Waals surface area (Å²) in [5.74, 6) is 0.359. The van der Waals surface area contributed by atoms with E-state index in [1.165, 1.54) is 6.07 Å². The van der Waals surface area contributed by atoms with Crippen molar-refractivity contribution in [2.45, 2.75) is 19.4 Å². The van der Waals surface area contributed by atoms with Crippen LogP contribution in [0.25, 0.3) is 0 Å². The first-order valence-corrected chi connectivity index (χ1v) is 8.46. The zero-order chi connectivity index (χ0) is 16.9. The maximum atomic E-state index is 12.5. The molecule has 1 aromatic rings. The fourth-order valence-corrected chi connectivity index (χ4v) is 3.41. The predicted octanol–water partition coefficient (Wildman–Crippen LogP) is 1.67. The van der Waals surface area contributed by atoms with Crippen LogP contribution < -0.4 is 0 Å². The summed E-state index contributed by atoms with van der Waals surface area (Å²) in [4.78, 5) is 27.2. The molecule has 2 heterocycles. The van der Waals surface area contributed by atoms with Gasteiger partial charge < -0.3 is 9.64 Å². The number of nitro benzene ring substituents is 1. The molecule has 1 aromatic carbocycles.